The van der Waals surface area contributed by atoms with Crippen LogP contribution in [0.2, 0.25) is 0 Å². The third-order valence-electron chi connectivity index (χ3n) is 3.65. The third-order valence-corrected chi connectivity index (χ3v) is 7.93. The van der Waals surface area contributed by atoms with Crippen molar-refractivity contribution >= 4 is 41.4 Å². The largest absolute Gasteiger partial charge is 0.492 e. The Balaban J connectivity index is 2.73. The summed E-state index contributed by atoms with van der Waals surface area (Å²) in [6.07, 6.45) is 2.33. The molecular weight excluding hydrogens is 384 g/mol. The molecule has 1 aromatic heterocycles. The molecule has 0 spiro atoms. The number of benzene rings is 1. The Kier molecular flexibility index (Phi) is 6.08. The van der Waals surface area contributed by atoms with E-state index < -0.39 is 19.9 Å². The van der Waals surface area contributed by atoms with E-state index in [4.69, 9.17) is 4.74 Å². The molecule has 2 rings (SSSR count). The second-order valence-corrected chi connectivity index (χ2v) is 10.4. The molecule has 2 aromatic rings. The first-order chi connectivity index (χ1) is 11.6. The zero-order valence-corrected chi connectivity index (χ0v) is 17.0. The van der Waals surface area contributed by atoms with E-state index in [0.717, 1.165) is 17.6 Å². The Labute approximate surface area is 152 Å². The third kappa shape index (κ3) is 4.30. The zero-order valence-electron chi connectivity index (χ0n) is 14.6. The fraction of sp³-hybridized carbons (Fsp3) is 0.533. The quantitative estimate of drug-likeness (QED) is 0.723. The number of hydrogen-bond donors (Lipinski definition) is 1. The Morgan fingerprint density at radius 3 is 2.32 bits per heavy atom. The van der Waals surface area contributed by atoms with Crippen LogP contribution in [0, 0.1) is 0 Å². The summed E-state index contributed by atoms with van der Waals surface area (Å²) in [6, 6.07) is 2.95. The Morgan fingerprint density at radius 1 is 1.16 bits per heavy atom. The molecule has 0 aliphatic carbocycles. The van der Waals surface area contributed by atoms with Crippen LogP contribution >= 0.6 is 11.3 Å². The summed E-state index contributed by atoms with van der Waals surface area (Å²) < 4.78 is 58.0. The van der Waals surface area contributed by atoms with Gasteiger partial charge in [-0.1, -0.05) is 13.8 Å². The van der Waals surface area contributed by atoms with Gasteiger partial charge in [0.2, 0.25) is 24.2 Å². The fourth-order valence-electron chi connectivity index (χ4n) is 2.35. The van der Waals surface area contributed by atoms with Gasteiger partial charge in [0.15, 0.2) is 4.90 Å². The lowest BCUT2D eigenvalue weighted by Gasteiger charge is -2.17. The highest BCUT2D eigenvalue weighted by Gasteiger charge is 2.28. The van der Waals surface area contributed by atoms with Crippen molar-refractivity contribution in [2.24, 2.45) is 0 Å². The van der Waals surface area contributed by atoms with Crippen molar-refractivity contribution in [3.8, 4) is 5.75 Å². The molecular formula is C15H22N2O5S3. The van der Waals surface area contributed by atoms with Gasteiger partial charge in [0.1, 0.15) is 11.3 Å². The minimum atomic E-state index is -3.92. The number of thiazole rings is 1. The van der Waals surface area contributed by atoms with Gasteiger partial charge in [-0.15, -0.1) is 11.3 Å². The maximum absolute atomic E-state index is 13.0. The van der Waals surface area contributed by atoms with E-state index in [1.807, 2.05) is 13.8 Å². The molecule has 0 saturated heterocycles. The maximum Gasteiger partial charge on any atom is 0.246 e. The van der Waals surface area contributed by atoms with Gasteiger partial charge in [-0.2, -0.15) is 0 Å². The first-order valence-corrected chi connectivity index (χ1v) is 12.1. The van der Waals surface area contributed by atoms with Crippen molar-refractivity contribution in [3.05, 3.63) is 12.1 Å². The lowest BCUT2D eigenvalue weighted by atomic mass is 10.2. The van der Waals surface area contributed by atoms with E-state index in [-0.39, 0.29) is 33.2 Å². The van der Waals surface area contributed by atoms with Crippen LogP contribution in [-0.2, 0) is 19.9 Å². The molecule has 140 valence electrons. The highest BCUT2D eigenvalue weighted by molar-refractivity contribution is 7.92. The van der Waals surface area contributed by atoms with E-state index in [1.165, 1.54) is 6.07 Å². The van der Waals surface area contributed by atoms with E-state index >= 15 is 0 Å². The summed E-state index contributed by atoms with van der Waals surface area (Å²) in [4.78, 5) is 3.98. The van der Waals surface area contributed by atoms with Crippen LogP contribution in [0.15, 0.2) is 21.4 Å². The smallest absolute Gasteiger partial charge is 0.246 e. The molecule has 0 radical (unpaired) electrons. The molecule has 0 unspecified atom stereocenters. The first kappa shape index (κ1) is 20.1. The predicted octanol–water partition coefficient (Wildman–Crippen LogP) is 2.57. The van der Waals surface area contributed by atoms with Crippen molar-refractivity contribution in [1.82, 2.24) is 9.71 Å². The molecule has 0 aliphatic rings. The fourth-order valence-corrected chi connectivity index (χ4v) is 5.95. The van der Waals surface area contributed by atoms with Crippen LogP contribution in [-0.4, -0.2) is 40.7 Å². The van der Waals surface area contributed by atoms with Gasteiger partial charge < -0.3 is 4.74 Å². The van der Waals surface area contributed by atoms with E-state index in [0.29, 0.717) is 17.5 Å². The molecule has 0 amide bonds. The molecule has 1 heterocycles. The minimum Gasteiger partial charge on any atom is -0.492 e. The number of hydrogen-bond acceptors (Lipinski definition) is 7. The number of aromatic nitrogens is 1. The maximum atomic E-state index is 13.0. The molecule has 10 heteroatoms. The standard InChI is InChI=1S/C15H22N2O5S3/c1-5-10(6-2)17-25(20,21)14-11(22-7-3)8-9-12-13(14)16-15(23-12)24(4,18)19/h8-10,17H,5-7H2,1-4H3. The summed E-state index contributed by atoms with van der Waals surface area (Å²) in [5.74, 6) is 0.166. The van der Waals surface area contributed by atoms with Crippen LogP contribution in [0.3, 0.4) is 0 Å². The minimum absolute atomic E-state index is 0.107. The van der Waals surface area contributed by atoms with Crippen molar-refractivity contribution in [3.63, 3.8) is 0 Å². The monoisotopic (exact) mass is 406 g/mol. The van der Waals surface area contributed by atoms with Crippen molar-refractivity contribution in [1.29, 1.82) is 0 Å². The van der Waals surface area contributed by atoms with Gasteiger partial charge in [-0.25, -0.2) is 26.5 Å². The number of nitrogens with one attached hydrogen (secondary N) is 1. The molecule has 0 bridgehead atoms. The van der Waals surface area contributed by atoms with E-state index in [1.54, 1.807) is 13.0 Å². The summed E-state index contributed by atoms with van der Waals surface area (Å²) >= 11 is 0.945. The zero-order chi connectivity index (χ0) is 18.8. The number of fused-ring (bicyclic) bond motifs is 1. The van der Waals surface area contributed by atoms with Gasteiger partial charge in [0.05, 0.1) is 11.3 Å². The number of ether oxygens (including phenoxy) is 1. The molecule has 1 aromatic carbocycles. The molecule has 0 saturated carbocycles. The van der Waals surface area contributed by atoms with E-state index in [2.05, 4.69) is 9.71 Å². The highest BCUT2D eigenvalue weighted by Crippen LogP contribution is 2.36. The number of nitrogens with zero attached hydrogens (tertiary/aromatic N) is 1. The van der Waals surface area contributed by atoms with E-state index in [9.17, 15) is 16.8 Å². The summed E-state index contributed by atoms with van der Waals surface area (Å²) in [7, 11) is -7.45. The Hall–Kier alpha value is -1.23. The van der Waals surface area contributed by atoms with Crippen molar-refractivity contribution < 1.29 is 21.6 Å². The summed E-state index contributed by atoms with van der Waals surface area (Å²) in [5.41, 5.74) is 0.120. The van der Waals surface area contributed by atoms with Gasteiger partial charge in [0, 0.05) is 12.3 Å². The van der Waals surface area contributed by atoms with Crippen LogP contribution < -0.4 is 9.46 Å². The Bertz CT molecular complexity index is 960. The topological polar surface area (TPSA) is 102 Å². The van der Waals surface area contributed by atoms with Crippen LogP contribution in [0.4, 0.5) is 0 Å². The molecule has 0 aliphatic heterocycles. The van der Waals surface area contributed by atoms with Crippen LogP contribution in [0.25, 0.3) is 10.2 Å². The average molecular weight is 407 g/mol. The number of sulfone groups is 1. The lowest BCUT2D eigenvalue weighted by molar-refractivity contribution is 0.331. The van der Waals surface area contributed by atoms with Crippen LogP contribution in [0.1, 0.15) is 33.6 Å². The molecule has 7 nitrogen and oxygen atoms in total. The summed E-state index contributed by atoms with van der Waals surface area (Å²) in [5, 5.41) is 0. The highest BCUT2D eigenvalue weighted by atomic mass is 32.2. The van der Waals surface area contributed by atoms with Gasteiger partial charge in [-0.05, 0) is 31.9 Å². The molecule has 25 heavy (non-hydrogen) atoms. The normalized spacial score (nSPS) is 12.8. The van der Waals surface area contributed by atoms with Crippen molar-refractivity contribution in [2.45, 2.75) is 48.9 Å². The van der Waals surface area contributed by atoms with Gasteiger partial charge in [-0.3, -0.25) is 0 Å². The predicted molar refractivity (Wildman–Crippen MR) is 98.6 cm³/mol. The molecule has 0 atom stereocenters. The number of rotatable bonds is 8. The summed E-state index contributed by atoms with van der Waals surface area (Å²) in [6.45, 7) is 5.82. The SMILES string of the molecule is CCOc1ccc2sc(S(C)(=O)=O)nc2c1S(=O)(=O)NC(CC)CC. The average Bonchev–Trinajstić information content (AvgIpc) is 2.96. The molecule has 1 N–H and O–H groups in total. The van der Waals surface area contributed by atoms with Crippen molar-refractivity contribution in [2.75, 3.05) is 12.9 Å². The first-order valence-electron chi connectivity index (χ1n) is 7.92. The molecule has 0 fully saturated rings. The lowest BCUT2D eigenvalue weighted by Crippen LogP contribution is -2.34. The second kappa shape index (κ2) is 7.56. The Morgan fingerprint density at radius 2 is 1.80 bits per heavy atom. The van der Waals surface area contributed by atoms with Gasteiger partial charge >= 0.3 is 0 Å². The second-order valence-electron chi connectivity index (χ2n) is 5.56. The van der Waals surface area contributed by atoms with Gasteiger partial charge in [0.25, 0.3) is 0 Å². The van der Waals surface area contributed by atoms with Crippen LogP contribution in [0.5, 0.6) is 5.75 Å². The number of sulfonamides is 1.